The number of aliphatic carboxylic acids is 1. The number of carbonyl (C=O) groups excluding carboxylic acids is 3. The Balaban J connectivity index is 1.85. The first kappa shape index (κ1) is 27.0. The van der Waals surface area contributed by atoms with Crippen molar-refractivity contribution in [2.45, 2.75) is 76.0 Å². The van der Waals surface area contributed by atoms with Gasteiger partial charge < -0.3 is 26.0 Å². The van der Waals surface area contributed by atoms with Gasteiger partial charge in [-0.3, -0.25) is 19.2 Å². The molecule has 2 aliphatic heterocycles. The molecule has 2 saturated heterocycles. The van der Waals surface area contributed by atoms with Crippen molar-refractivity contribution in [2.75, 3.05) is 12.8 Å². The molecular formula is C25H36N4O5S. The maximum Gasteiger partial charge on any atom is 0.303 e. The zero-order valence-electron chi connectivity index (χ0n) is 20.7. The third-order valence-corrected chi connectivity index (χ3v) is 8.11. The first-order valence-corrected chi connectivity index (χ1v) is 13.1. The van der Waals surface area contributed by atoms with Gasteiger partial charge in [-0.1, -0.05) is 44.2 Å². The van der Waals surface area contributed by atoms with Gasteiger partial charge in [0.05, 0.1) is 17.5 Å². The van der Waals surface area contributed by atoms with Crippen molar-refractivity contribution >= 4 is 35.5 Å². The second kappa shape index (κ2) is 11.4. The Hall–Kier alpha value is -2.59. The smallest absolute Gasteiger partial charge is 0.303 e. The van der Waals surface area contributed by atoms with E-state index in [9.17, 15) is 24.3 Å². The number of carboxylic acid groups (broad SMARTS) is 1. The van der Waals surface area contributed by atoms with Crippen LogP contribution < -0.4 is 16.0 Å². The normalized spacial score (nSPS) is 25.2. The quantitative estimate of drug-likeness (QED) is 0.404. The molecule has 4 N–H and O–H groups in total. The van der Waals surface area contributed by atoms with Crippen molar-refractivity contribution in [1.29, 1.82) is 0 Å². The summed E-state index contributed by atoms with van der Waals surface area (Å²) in [7, 11) is 1.68. The van der Waals surface area contributed by atoms with Gasteiger partial charge in [-0.15, -0.1) is 11.8 Å². The highest BCUT2D eigenvalue weighted by Gasteiger charge is 2.54. The molecule has 3 rings (SSSR count). The van der Waals surface area contributed by atoms with Crippen LogP contribution in [-0.2, 0) is 19.2 Å². The van der Waals surface area contributed by atoms with E-state index in [0.717, 1.165) is 5.56 Å². The lowest BCUT2D eigenvalue weighted by atomic mass is 9.83. The van der Waals surface area contributed by atoms with E-state index in [4.69, 9.17) is 0 Å². The molecule has 1 unspecified atom stereocenters. The zero-order chi connectivity index (χ0) is 25.8. The topological polar surface area (TPSA) is 128 Å². The lowest BCUT2D eigenvalue weighted by molar-refractivity contribution is -0.144. The predicted molar refractivity (Wildman–Crippen MR) is 135 cm³/mol. The first-order valence-electron chi connectivity index (χ1n) is 12.0. The Morgan fingerprint density at radius 2 is 1.91 bits per heavy atom. The van der Waals surface area contributed by atoms with Gasteiger partial charge in [0.2, 0.25) is 17.7 Å². The number of nitrogens with one attached hydrogen (secondary N) is 3. The summed E-state index contributed by atoms with van der Waals surface area (Å²) in [5.74, 6) is -1.05. The van der Waals surface area contributed by atoms with Gasteiger partial charge in [-0.2, -0.15) is 0 Å². The second-order valence-corrected chi connectivity index (χ2v) is 11.2. The molecule has 0 saturated carbocycles. The average Bonchev–Trinajstić information content (AvgIpc) is 3.01. The average molecular weight is 505 g/mol. The van der Waals surface area contributed by atoms with Crippen LogP contribution in [0.15, 0.2) is 30.3 Å². The summed E-state index contributed by atoms with van der Waals surface area (Å²) in [5, 5.41) is 17.8. The molecule has 192 valence electrons. The van der Waals surface area contributed by atoms with Crippen LogP contribution in [-0.4, -0.2) is 70.0 Å². The molecular weight excluding hydrogens is 468 g/mol. The van der Waals surface area contributed by atoms with E-state index in [2.05, 4.69) is 16.0 Å². The number of hydrogen-bond donors (Lipinski definition) is 4. The van der Waals surface area contributed by atoms with Crippen molar-refractivity contribution in [3.05, 3.63) is 35.9 Å². The Labute approximate surface area is 210 Å². The van der Waals surface area contributed by atoms with Crippen molar-refractivity contribution in [2.24, 2.45) is 5.41 Å². The van der Waals surface area contributed by atoms with Crippen LogP contribution in [0.5, 0.6) is 0 Å². The number of rotatable bonds is 9. The van der Waals surface area contributed by atoms with Gasteiger partial charge in [0.1, 0.15) is 12.1 Å². The van der Waals surface area contributed by atoms with E-state index in [1.807, 2.05) is 44.2 Å². The standard InChI is InChI=1S/C25H36N4O5S/c1-15(26-4)22(32)28-18-12-13-35-19-14-25(2,3)21(29(19)24(18)34)23(33)27-17(10-11-20(30)31)16-8-6-5-7-9-16/h5-9,15,17-19,21,26H,10-14H2,1-4H3,(H,27,33)(H,28,32)(H,30,31)/t15-,17?,18-,19-,21+/m0/s1. The van der Waals surface area contributed by atoms with Crippen LogP contribution in [0, 0.1) is 5.41 Å². The van der Waals surface area contributed by atoms with Gasteiger partial charge in [0.25, 0.3) is 0 Å². The van der Waals surface area contributed by atoms with Gasteiger partial charge >= 0.3 is 5.97 Å². The van der Waals surface area contributed by atoms with Gasteiger partial charge in [0, 0.05) is 6.42 Å². The van der Waals surface area contributed by atoms with Crippen molar-refractivity contribution in [3.8, 4) is 0 Å². The molecule has 0 aliphatic carbocycles. The molecule has 5 atom stereocenters. The van der Waals surface area contributed by atoms with E-state index in [0.29, 0.717) is 18.6 Å². The monoisotopic (exact) mass is 504 g/mol. The summed E-state index contributed by atoms with van der Waals surface area (Å²) in [4.78, 5) is 52.8. The van der Waals surface area contributed by atoms with Gasteiger partial charge in [-0.05, 0) is 50.0 Å². The highest BCUT2D eigenvalue weighted by atomic mass is 32.2. The zero-order valence-corrected chi connectivity index (χ0v) is 21.6. The Kier molecular flexibility index (Phi) is 8.82. The number of thioether (sulfide) groups is 1. The number of benzene rings is 1. The highest BCUT2D eigenvalue weighted by molar-refractivity contribution is 7.99. The molecule has 2 heterocycles. The molecule has 0 aromatic heterocycles. The van der Waals surface area contributed by atoms with Crippen molar-refractivity contribution < 1.29 is 24.3 Å². The number of fused-ring (bicyclic) bond motifs is 1. The van der Waals surface area contributed by atoms with Gasteiger partial charge in [-0.25, -0.2) is 0 Å². The molecule has 1 aromatic rings. The number of amides is 3. The number of nitrogens with zero attached hydrogens (tertiary/aromatic N) is 1. The van der Waals surface area contributed by atoms with Crippen molar-refractivity contribution in [1.82, 2.24) is 20.9 Å². The molecule has 0 radical (unpaired) electrons. The minimum Gasteiger partial charge on any atom is -0.481 e. The summed E-state index contributed by atoms with van der Waals surface area (Å²) in [6.45, 7) is 5.68. The number of hydrogen-bond acceptors (Lipinski definition) is 6. The van der Waals surface area contributed by atoms with Gasteiger partial charge in [0.15, 0.2) is 0 Å². The fourth-order valence-corrected chi connectivity index (χ4v) is 6.38. The van der Waals surface area contributed by atoms with Crippen molar-refractivity contribution in [3.63, 3.8) is 0 Å². The van der Waals surface area contributed by atoms with Crippen LogP contribution in [0.25, 0.3) is 0 Å². The Bertz CT molecular complexity index is 941. The third-order valence-electron chi connectivity index (χ3n) is 6.86. The predicted octanol–water partition coefficient (Wildman–Crippen LogP) is 1.89. The first-order chi connectivity index (χ1) is 16.5. The maximum atomic E-state index is 13.7. The largest absolute Gasteiger partial charge is 0.481 e. The van der Waals surface area contributed by atoms with Crippen LogP contribution in [0.4, 0.5) is 0 Å². The van der Waals surface area contributed by atoms with Crippen LogP contribution in [0.3, 0.4) is 0 Å². The molecule has 1 aromatic carbocycles. The molecule has 2 aliphatic rings. The minimum atomic E-state index is -0.935. The fourth-order valence-electron chi connectivity index (χ4n) is 4.81. The molecule has 3 amide bonds. The summed E-state index contributed by atoms with van der Waals surface area (Å²) < 4.78 is 0. The summed E-state index contributed by atoms with van der Waals surface area (Å²) >= 11 is 1.64. The molecule has 0 spiro atoms. The highest BCUT2D eigenvalue weighted by Crippen LogP contribution is 2.46. The number of likely N-dealkylation sites (N-methyl/N-ethyl adjacent to an activating group) is 1. The van der Waals surface area contributed by atoms with E-state index < -0.39 is 35.6 Å². The fraction of sp³-hybridized carbons (Fsp3) is 0.600. The lowest BCUT2D eigenvalue weighted by Crippen LogP contribution is -2.58. The van der Waals surface area contributed by atoms with Crippen LogP contribution >= 0.6 is 11.8 Å². The number of carbonyl (C=O) groups is 4. The Morgan fingerprint density at radius 3 is 2.54 bits per heavy atom. The lowest BCUT2D eigenvalue weighted by Gasteiger charge is -2.35. The second-order valence-electron chi connectivity index (χ2n) is 9.93. The minimum absolute atomic E-state index is 0.0905. The summed E-state index contributed by atoms with van der Waals surface area (Å²) in [6, 6.07) is 6.91. The van der Waals surface area contributed by atoms with E-state index in [-0.39, 0.29) is 35.9 Å². The van der Waals surface area contributed by atoms with Crippen LogP contribution in [0.1, 0.15) is 58.1 Å². The molecule has 2 fully saturated rings. The Morgan fingerprint density at radius 1 is 1.23 bits per heavy atom. The third kappa shape index (κ3) is 6.35. The molecule has 35 heavy (non-hydrogen) atoms. The SMILES string of the molecule is CN[C@@H](C)C(=O)N[C@H]1CCS[C@H]2CC(C)(C)[C@@H](C(=O)NC(CCC(=O)O)c3ccccc3)N2C1=O. The van der Waals surface area contributed by atoms with E-state index in [1.54, 1.807) is 30.6 Å². The maximum absolute atomic E-state index is 13.7. The van der Waals surface area contributed by atoms with E-state index >= 15 is 0 Å². The van der Waals surface area contributed by atoms with E-state index in [1.165, 1.54) is 0 Å². The molecule has 10 heteroatoms. The summed E-state index contributed by atoms with van der Waals surface area (Å²) in [6.07, 6.45) is 1.30. The molecule has 9 nitrogen and oxygen atoms in total. The summed E-state index contributed by atoms with van der Waals surface area (Å²) in [5.41, 5.74) is 0.326. The molecule has 0 bridgehead atoms. The number of carboxylic acids is 1. The van der Waals surface area contributed by atoms with Crippen LogP contribution in [0.2, 0.25) is 0 Å².